The molecule has 1 saturated heterocycles. The molecule has 38 heavy (non-hydrogen) atoms. The van der Waals surface area contributed by atoms with Crippen LogP contribution in [0.5, 0.6) is 11.5 Å². The van der Waals surface area contributed by atoms with Gasteiger partial charge in [0.05, 0.1) is 19.1 Å². The Labute approximate surface area is 225 Å². The monoisotopic (exact) mass is 558 g/mol. The normalized spacial score (nSPS) is 18.3. The van der Waals surface area contributed by atoms with Crippen molar-refractivity contribution in [1.29, 1.82) is 0 Å². The summed E-state index contributed by atoms with van der Waals surface area (Å²) < 4.78 is 40.2. The van der Waals surface area contributed by atoms with Crippen LogP contribution in [0.15, 0.2) is 64.3 Å². The molecule has 2 aromatic carbocycles. The Bertz CT molecular complexity index is 1520. The van der Waals surface area contributed by atoms with E-state index in [1.54, 1.807) is 48.0 Å². The third kappa shape index (κ3) is 5.16. The molecule has 2 aliphatic heterocycles. The highest BCUT2D eigenvalue weighted by Crippen LogP contribution is 2.36. The van der Waals surface area contributed by atoms with Crippen LogP contribution in [0.4, 0.5) is 16.2 Å². The minimum absolute atomic E-state index is 0.0104. The summed E-state index contributed by atoms with van der Waals surface area (Å²) in [5.74, 6) is 1.12. The number of aromatic nitrogens is 1. The molecule has 0 radical (unpaired) electrons. The number of urea groups is 1. The van der Waals surface area contributed by atoms with Gasteiger partial charge in [0.1, 0.15) is 17.2 Å². The number of anilines is 2. The van der Waals surface area contributed by atoms with E-state index < -0.39 is 15.6 Å². The number of carbonyl (C=O) groups excluding carboxylic acids is 1. The zero-order valence-electron chi connectivity index (χ0n) is 20.8. The minimum Gasteiger partial charge on any atom is -0.497 e. The zero-order valence-corrected chi connectivity index (χ0v) is 22.4. The molecule has 1 fully saturated rings. The van der Waals surface area contributed by atoms with Crippen molar-refractivity contribution in [2.24, 2.45) is 5.92 Å². The van der Waals surface area contributed by atoms with E-state index in [0.29, 0.717) is 41.8 Å². The highest BCUT2D eigenvalue weighted by Gasteiger charge is 2.37. The Hall–Kier alpha value is -3.70. The summed E-state index contributed by atoms with van der Waals surface area (Å²) in [6.45, 7) is 1.28. The molecular formula is C26H27ClN4O6S. The second-order valence-electron chi connectivity index (χ2n) is 9.38. The summed E-state index contributed by atoms with van der Waals surface area (Å²) >= 11 is 5.86. The van der Waals surface area contributed by atoms with E-state index in [4.69, 9.17) is 21.1 Å². The Kier molecular flexibility index (Phi) is 6.97. The molecule has 2 amide bonds. The topological polar surface area (TPSA) is 119 Å². The molecule has 2 aliphatic rings. The smallest absolute Gasteiger partial charge is 0.321 e. The standard InChI is InChI=1S/C26H27ClN4O6S/c1-36-20-10-19(11-21(12-20)37-2)28-26(33)30-13-16-9-17(15-30)24-8-7-23(25(32)31(24)14-16)29-38(34,35)22-5-3-18(27)4-6-22/h3-8,10-12,16-17,29H,9,13-15H2,1-2H3,(H,28,33)/t16-,17+/m0/s1. The predicted molar refractivity (Wildman–Crippen MR) is 144 cm³/mol. The van der Waals surface area contributed by atoms with Gasteiger partial charge >= 0.3 is 6.03 Å². The molecule has 3 heterocycles. The fourth-order valence-corrected chi connectivity index (χ4v) is 6.27. The number of rotatable bonds is 6. The number of nitrogens with zero attached hydrogens (tertiary/aromatic N) is 2. The van der Waals surface area contributed by atoms with Crippen LogP contribution in [0.2, 0.25) is 5.02 Å². The van der Waals surface area contributed by atoms with Gasteiger partial charge in [-0.25, -0.2) is 13.2 Å². The number of halogens is 1. The third-order valence-electron chi connectivity index (χ3n) is 6.86. The molecular weight excluding hydrogens is 532 g/mol. The lowest BCUT2D eigenvalue weighted by Gasteiger charge is -2.42. The first-order valence-corrected chi connectivity index (χ1v) is 13.8. The maximum atomic E-state index is 13.3. The van der Waals surface area contributed by atoms with Crippen molar-refractivity contribution in [2.75, 3.05) is 37.3 Å². The maximum Gasteiger partial charge on any atom is 0.321 e. The summed E-state index contributed by atoms with van der Waals surface area (Å²) in [7, 11) is -0.876. The average Bonchev–Trinajstić information content (AvgIpc) is 2.90. The van der Waals surface area contributed by atoms with Gasteiger partial charge in [-0.2, -0.15) is 0 Å². The molecule has 2 N–H and O–H groups in total. The minimum atomic E-state index is -3.96. The first-order valence-electron chi connectivity index (χ1n) is 12.0. The molecule has 12 heteroatoms. The molecule has 10 nitrogen and oxygen atoms in total. The van der Waals surface area contributed by atoms with Gasteiger partial charge in [-0.1, -0.05) is 11.6 Å². The van der Waals surface area contributed by atoms with E-state index in [1.165, 1.54) is 30.3 Å². The van der Waals surface area contributed by atoms with Crippen molar-refractivity contribution in [3.63, 3.8) is 0 Å². The molecule has 200 valence electrons. The number of benzene rings is 2. The van der Waals surface area contributed by atoms with Crippen LogP contribution in [0.3, 0.4) is 0 Å². The predicted octanol–water partition coefficient (Wildman–Crippen LogP) is 3.97. The van der Waals surface area contributed by atoms with Gasteiger partial charge in [-0.3, -0.25) is 9.52 Å². The molecule has 2 bridgehead atoms. The number of ether oxygens (including phenoxy) is 2. The molecule has 1 aromatic heterocycles. The van der Waals surface area contributed by atoms with E-state index in [-0.39, 0.29) is 28.4 Å². The van der Waals surface area contributed by atoms with Crippen molar-refractivity contribution in [3.8, 4) is 11.5 Å². The van der Waals surface area contributed by atoms with Gasteiger partial charge in [0.15, 0.2) is 0 Å². The quantitative estimate of drug-likeness (QED) is 0.472. The number of hydrogen-bond donors (Lipinski definition) is 2. The molecule has 0 unspecified atom stereocenters. The van der Waals surface area contributed by atoms with Gasteiger partial charge in [0.25, 0.3) is 15.6 Å². The second kappa shape index (κ2) is 10.2. The molecule has 0 spiro atoms. The Morgan fingerprint density at radius 2 is 1.66 bits per heavy atom. The highest BCUT2D eigenvalue weighted by atomic mass is 35.5. The number of amides is 2. The number of nitrogens with one attached hydrogen (secondary N) is 2. The van der Waals surface area contributed by atoms with Crippen LogP contribution in [-0.4, -0.2) is 51.2 Å². The number of carbonyl (C=O) groups is 1. The van der Waals surface area contributed by atoms with E-state index in [1.807, 2.05) is 0 Å². The molecule has 3 aromatic rings. The van der Waals surface area contributed by atoms with Crippen molar-refractivity contribution in [1.82, 2.24) is 9.47 Å². The number of likely N-dealkylation sites (tertiary alicyclic amines) is 1. The van der Waals surface area contributed by atoms with Crippen LogP contribution in [0.1, 0.15) is 18.0 Å². The molecule has 5 rings (SSSR count). The van der Waals surface area contributed by atoms with Crippen LogP contribution >= 0.6 is 11.6 Å². The Morgan fingerprint density at radius 1 is 0.974 bits per heavy atom. The largest absolute Gasteiger partial charge is 0.497 e. The SMILES string of the molecule is COc1cc(NC(=O)N2C[C@@H]3C[C@H](C2)c2ccc(NS(=O)(=O)c4ccc(Cl)cc4)c(=O)n2C3)cc(OC)c1. The van der Waals surface area contributed by atoms with Crippen LogP contribution in [0, 0.1) is 5.92 Å². The summed E-state index contributed by atoms with van der Waals surface area (Å²) in [6, 6.07) is 13.9. The third-order valence-corrected chi connectivity index (χ3v) is 8.50. The van der Waals surface area contributed by atoms with Crippen LogP contribution in [0.25, 0.3) is 0 Å². The van der Waals surface area contributed by atoms with Gasteiger partial charge in [-0.15, -0.1) is 0 Å². The number of piperidine rings is 1. The van der Waals surface area contributed by atoms with Crippen LogP contribution in [-0.2, 0) is 16.6 Å². The van der Waals surface area contributed by atoms with Gasteiger partial charge < -0.3 is 24.3 Å². The second-order valence-corrected chi connectivity index (χ2v) is 11.5. The van der Waals surface area contributed by atoms with Crippen molar-refractivity contribution in [3.05, 3.63) is 75.7 Å². The Morgan fingerprint density at radius 3 is 2.32 bits per heavy atom. The highest BCUT2D eigenvalue weighted by molar-refractivity contribution is 7.92. The van der Waals surface area contributed by atoms with Crippen LogP contribution < -0.4 is 25.1 Å². The summed E-state index contributed by atoms with van der Waals surface area (Å²) in [6.07, 6.45) is 0.839. The maximum absolute atomic E-state index is 13.3. The summed E-state index contributed by atoms with van der Waals surface area (Å²) in [5.41, 5.74) is 0.902. The molecule has 0 saturated carbocycles. The van der Waals surface area contributed by atoms with Gasteiger partial charge in [0.2, 0.25) is 0 Å². The fourth-order valence-electron chi connectivity index (χ4n) is 5.09. The number of methoxy groups -OCH3 is 2. The first-order chi connectivity index (χ1) is 18.2. The van der Waals surface area contributed by atoms with Crippen molar-refractivity contribution >= 4 is 39.0 Å². The summed E-state index contributed by atoms with van der Waals surface area (Å²) in [4.78, 5) is 28.2. The molecule has 2 atom stereocenters. The average molecular weight is 559 g/mol. The number of fused-ring (bicyclic) bond motifs is 4. The lowest BCUT2D eigenvalue weighted by molar-refractivity contribution is 0.139. The lowest BCUT2D eigenvalue weighted by atomic mass is 9.83. The molecule has 0 aliphatic carbocycles. The van der Waals surface area contributed by atoms with E-state index in [9.17, 15) is 18.0 Å². The van der Waals surface area contributed by atoms with Gasteiger partial charge in [-0.05, 0) is 48.7 Å². The lowest BCUT2D eigenvalue weighted by Crippen LogP contribution is -2.50. The number of hydrogen-bond acceptors (Lipinski definition) is 6. The number of pyridine rings is 1. The van der Waals surface area contributed by atoms with E-state index in [2.05, 4.69) is 10.0 Å². The van der Waals surface area contributed by atoms with Crippen molar-refractivity contribution in [2.45, 2.75) is 23.8 Å². The van der Waals surface area contributed by atoms with Gasteiger partial charge in [0, 0.05) is 60.2 Å². The summed E-state index contributed by atoms with van der Waals surface area (Å²) in [5, 5.41) is 3.33. The fraction of sp³-hybridized carbons (Fsp3) is 0.308. The first kappa shape index (κ1) is 25.9. The Balaban J connectivity index is 1.34. The van der Waals surface area contributed by atoms with E-state index in [0.717, 1.165) is 12.1 Å². The van der Waals surface area contributed by atoms with Crippen molar-refractivity contribution < 1.29 is 22.7 Å². The number of sulfonamides is 1. The van der Waals surface area contributed by atoms with E-state index >= 15 is 0 Å². The zero-order chi connectivity index (χ0) is 27.0.